The van der Waals surface area contributed by atoms with E-state index in [1.807, 2.05) is 43.0 Å². The van der Waals surface area contributed by atoms with Crippen molar-refractivity contribution in [3.05, 3.63) is 34.9 Å². The van der Waals surface area contributed by atoms with E-state index < -0.39 is 0 Å². The van der Waals surface area contributed by atoms with Gasteiger partial charge in [0.15, 0.2) is 0 Å². The number of morpholine rings is 1. The lowest BCUT2D eigenvalue weighted by Gasteiger charge is -2.30. The highest BCUT2D eigenvalue weighted by Gasteiger charge is 2.23. The quantitative estimate of drug-likeness (QED) is 0.926. The van der Waals surface area contributed by atoms with E-state index in [0.717, 1.165) is 5.56 Å². The van der Waals surface area contributed by atoms with Gasteiger partial charge in [0.05, 0.1) is 19.3 Å². The molecule has 110 valence electrons. The van der Waals surface area contributed by atoms with Crippen molar-refractivity contribution in [2.75, 3.05) is 26.3 Å². The maximum atomic E-state index is 12.3. The first-order valence-electron chi connectivity index (χ1n) is 6.96. The number of ether oxygens (including phenoxy) is 1. The van der Waals surface area contributed by atoms with Crippen molar-refractivity contribution in [2.24, 2.45) is 0 Å². The first-order chi connectivity index (χ1) is 9.58. The molecule has 1 aromatic carbocycles. The Morgan fingerprint density at radius 1 is 1.35 bits per heavy atom. The van der Waals surface area contributed by atoms with E-state index in [1.54, 1.807) is 0 Å². The Morgan fingerprint density at radius 2 is 2.05 bits per heavy atom. The van der Waals surface area contributed by atoms with Crippen LogP contribution < -0.4 is 5.32 Å². The molecule has 1 aliphatic rings. The molecule has 1 amide bonds. The summed E-state index contributed by atoms with van der Waals surface area (Å²) in [6.07, 6.45) is 0. The van der Waals surface area contributed by atoms with Crippen LogP contribution in [0.2, 0.25) is 5.02 Å². The van der Waals surface area contributed by atoms with Crippen molar-refractivity contribution in [2.45, 2.75) is 25.9 Å². The smallest absolute Gasteiger partial charge is 0.239 e. The third kappa shape index (κ3) is 3.95. The Kier molecular flexibility index (Phi) is 5.40. The first kappa shape index (κ1) is 15.3. The average molecular weight is 297 g/mol. The van der Waals surface area contributed by atoms with E-state index in [9.17, 15) is 4.79 Å². The minimum absolute atomic E-state index is 0.0775. The molecule has 0 aromatic heterocycles. The lowest BCUT2D eigenvalue weighted by atomic mass is 10.1. The molecule has 0 radical (unpaired) electrons. The van der Waals surface area contributed by atoms with Crippen LogP contribution in [0.4, 0.5) is 0 Å². The third-order valence-corrected chi connectivity index (χ3v) is 3.78. The second-order valence-corrected chi connectivity index (χ2v) is 5.54. The van der Waals surface area contributed by atoms with Crippen molar-refractivity contribution in [1.29, 1.82) is 0 Å². The summed E-state index contributed by atoms with van der Waals surface area (Å²) < 4.78 is 5.26. The van der Waals surface area contributed by atoms with Gasteiger partial charge in [0, 0.05) is 24.2 Å². The van der Waals surface area contributed by atoms with Gasteiger partial charge < -0.3 is 9.64 Å². The summed E-state index contributed by atoms with van der Waals surface area (Å²) in [7, 11) is 0. The van der Waals surface area contributed by atoms with Crippen molar-refractivity contribution in [3.63, 3.8) is 0 Å². The van der Waals surface area contributed by atoms with Crippen molar-refractivity contribution < 1.29 is 9.53 Å². The van der Waals surface area contributed by atoms with E-state index in [2.05, 4.69) is 5.32 Å². The zero-order chi connectivity index (χ0) is 14.5. The standard InChI is InChI=1S/C15H21ClN2O2/c1-11(13-4-3-5-14(16)10-13)17-12(2)15(19)18-6-8-20-9-7-18/h3-5,10-12,17H,6-9H2,1-2H3/t11-,12-/m1/s1. The van der Waals surface area contributed by atoms with Crippen LogP contribution >= 0.6 is 11.6 Å². The van der Waals surface area contributed by atoms with Gasteiger partial charge >= 0.3 is 0 Å². The number of nitrogens with zero attached hydrogens (tertiary/aromatic N) is 1. The molecule has 0 aliphatic carbocycles. The van der Waals surface area contributed by atoms with Crippen LogP contribution in [0.3, 0.4) is 0 Å². The van der Waals surface area contributed by atoms with Gasteiger partial charge in [-0.3, -0.25) is 10.1 Å². The van der Waals surface area contributed by atoms with Gasteiger partial charge in [-0.1, -0.05) is 23.7 Å². The zero-order valence-electron chi connectivity index (χ0n) is 11.9. The molecule has 20 heavy (non-hydrogen) atoms. The Hall–Kier alpha value is -1.10. The highest BCUT2D eigenvalue weighted by atomic mass is 35.5. The third-order valence-electron chi connectivity index (χ3n) is 3.54. The molecule has 1 fully saturated rings. The summed E-state index contributed by atoms with van der Waals surface area (Å²) in [5, 5.41) is 4.04. The fourth-order valence-electron chi connectivity index (χ4n) is 2.38. The molecule has 4 nitrogen and oxygen atoms in total. The molecule has 1 saturated heterocycles. The van der Waals surface area contributed by atoms with Gasteiger partial charge in [-0.25, -0.2) is 0 Å². The summed E-state index contributed by atoms with van der Waals surface area (Å²) in [6.45, 7) is 6.55. The largest absolute Gasteiger partial charge is 0.378 e. The number of benzene rings is 1. The SMILES string of the molecule is C[C@@H](N[C@H](C)c1cccc(Cl)c1)C(=O)N1CCOCC1. The lowest BCUT2D eigenvalue weighted by Crippen LogP contribution is -2.49. The van der Waals surface area contributed by atoms with Crippen LogP contribution in [-0.2, 0) is 9.53 Å². The van der Waals surface area contributed by atoms with E-state index in [1.165, 1.54) is 0 Å². The minimum atomic E-state index is -0.220. The molecule has 1 aliphatic heterocycles. The topological polar surface area (TPSA) is 41.6 Å². The van der Waals surface area contributed by atoms with Crippen LogP contribution in [0.1, 0.15) is 25.5 Å². The number of hydrogen-bond acceptors (Lipinski definition) is 3. The normalized spacial score (nSPS) is 18.6. The fourth-order valence-corrected chi connectivity index (χ4v) is 2.57. The van der Waals surface area contributed by atoms with Gasteiger partial charge in [0.1, 0.15) is 0 Å². The van der Waals surface area contributed by atoms with E-state index in [-0.39, 0.29) is 18.0 Å². The number of halogens is 1. The monoisotopic (exact) mass is 296 g/mol. The minimum Gasteiger partial charge on any atom is -0.378 e. The van der Waals surface area contributed by atoms with Crippen molar-refractivity contribution in [1.82, 2.24) is 10.2 Å². The molecule has 1 heterocycles. The van der Waals surface area contributed by atoms with Gasteiger partial charge in [-0.2, -0.15) is 0 Å². The van der Waals surface area contributed by atoms with Gasteiger partial charge in [0.25, 0.3) is 0 Å². The first-order valence-corrected chi connectivity index (χ1v) is 7.34. The van der Waals surface area contributed by atoms with E-state index in [4.69, 9.17) is 16.3 Å². The van der Waals surface area contributed by atoms with E-state index in [0.29, 0.717) is 31.3 Å². The highest BCUT2D eigenvalue weighted by molar-refractivity contribution is 6.30. The molecular weight excluding hydrogens is 276 g/mol. The molecule has 0 unspecified atom stereocenters. The Bertz CT molecular complexity index is 461. The fraction of sp³-hybridized carbons (Fsp3) is 0.533. The number of carbonyl (C=O) groups excluding carboxylic acids is 1. The number of hydrogen-bond donors (Lipinski definition) is 1. The molecule has 1 aromatic rings. The zero-order valence-corrected chi connectivity index (χ0v) is 12.7. The predicted octanol–water partition coefficient (Wildman–Crippen LogP) is 2.24. The Labute approximate surface area is 125 Å². The number of amides is 1. The van der Waals surface area contributed by atoms with Gasteiger partial charge in [-0.15, -0.1) is 0 Å². The molecule has 0 bridgehead atoms. The molecule has 2 rings (SSSR count). The highest BCUT2D eigenvalue weighted by Crippen LogP contribution is 2.18. The van der Waals surface area contributed by atoms with Gasteiger partial charge in [-0.05, 0) is 31.5 Å². The molecule has 0 spiro atoms. The summed E-state index contributed by atoms with van der Waals surface area (Å²) >= 11 is 5.99. The molecule has 0 saturated carbocycles. The second kappa shape index (κ2) is 7.07. The lowest BCUT2D eigenvalue weighted by molar-refractivity contribution is -0.137. The number of nitrogens with one attached hydrogen (secondary N) is 1. The van der Waals surface area contributed by atoms with Crippen molar-refractivity contribution in [3.8, 4) is 0 Å². The average Bonchev–Trinajstić information content (AvgIpc) is 2.47. The van der Waals surface area contributed by atoms with E-state index >= 15 is 0 Å². The van der Waals surface area contributed by atoms with Crippen LogP contribution in [0.25, 0.3) is 0 Å². The van der Waals surface area contributed by atoms with Crippen molar-refractivity contribution >= 4 is 17.5 Å². The maximum Gasteiger partial charge on any atom is 0.239 e. The number of rotatable bonds is 4. The summed E-state index contributed by atoms with van der Waals surface area (Å²) in [4.78, 5) is 14.2. The predicted molar refractivity (Wildman–Crippen MR) is 79.9 cm³/mol. The van der Waals surface area contributed by atoms with Gasteiger partial charge in [0.2, 0.25) is 5.91 Å². The summed E-state index contributed by atoms with van der Waals surface area (Å²) in [6, 6.07) is 7.56. The summed E-state index contributed by atoms with van der Waals surface area (Å²) in [5.74, 6) is 0.127. The molecule has 2 atom stereocenters. The molecular formula is C15H21ClN2O2. The van der Waals surface area contributed by atoms with Crippen LogP contribution in [-0.4, -0.2) is 43.2 Å². The van der Waals surface area contributed by atoms with Crippen LogP contribution in [0, 0.1) is 0 Å². The van der Waals surface area contributed by atoms with Crippen LogP contribution in [0.15, 0.2) is 24.3 Å². The second-order valence-electron chi connectivity index (χ2n) is 5.10. The van der Waals surface area contributed by atoms with Crippen LogP contribution in [0.5, 0.6) is 0 Å². The Balaban J connectivity index is 1.92. The maximum absolute atomic E-state index is 12.3. The molecule has 1 N–H and O–H groups in total. The number of carbonyl (C=O) groups is 1. The Morgan fingerprint density at radius 3 is 2.70 bits per heavy atom. The summed E-state index contributed by atoms with van der Waals surface area (Å²) in [5.41, 5.74) is 1.08. The molecule has 5 heteroatoms.